The quantitative estimate of drug-likeness (QED) is 0.518. The number of methoxy groups -OCH3 is 1. The van der Waals surface area contributed by atoms with Gasteiger partial charge >= 0.3 is 6.18 Å². The summed E-state index contributed by atoms with van der Waals surface area (Å²) in [7, 11) is 1.65. The third-order valence-corrected chi connectivity index (χ3v) is 6.67. The fourth-order valence-electron chi connectivity index (χ4n) is 4.71. The summed E-state index contributed by atoms with van der Waals surface area (Å²) >= 11 is 0. The largest absolute Gasteiger partial charge is 0.416 e. The van der Waals surface area contributed by atoms with E-state index < -0.39 is 11.7 Å². The van der Waals surface area contributed by atoms with Crippen LogP contribution in [0.25, 0.3) is 5.57 Å². The van der Waals surface area contributed by atoms with Crippen LogP contribution in [-0.4, -0.2) is 50.2 Å². The lowest BCUT2D eigenvalue weighted by Gasteiger charge is -2.32. The van der Waals surface area contributed by atoms with Crippen LogP contribution in [0.2, 0.25) is 0 Å². The molecule has 1 saturated carbocycles. The van der Waals surface area contributed by atoms with Crippen LogP contribution >= 0.6 is 0 Å². The first kappa shape index (κ1) is 24.8. The molecule has 7 heteroatoms. The Hall–Kier alpha value is -1.86. The van der Waals surface area contributed by atoms with Crippen LogP contribution in [0.3, 0.4) is 0 Å². The third-order valence-electron chi connectivity index (χ3n) is 6.67. The van der Waals surface area contributed by atoms with E-state index in [2.05, 4.69) is 16.3 Å². The molecule has 0 unspecified atom stereocenters. The molecule has 0 aromatic heterocycles. The van der Waals surface area contributed by atoms with Crippen molar-refractivity contribution in [2.75, 3.05) is 33.4 Å². The fraction of sp³-hybridized carbons (Fsp3) is 0.640. The molecular formula is C25H35F3N2O2. The van der Waals surface area contributed by atoms with E-state index in [1.54, 1.807) is 13.2 Å². The average Bonchev–Trinajstić information content (AvgIpc) is 2.79. The number of ether oxygens (including phenoxy) is 1. The first-order valence-corrected chi connectivity index (χ1v) is 11.7. The van der Waals surface area contributed by atoms with Crippen LogP contribution in [0, 0.1) is 5.92 Å². The Labute approximate surface area is 189 Å². The summed E-state index contributed by atoms with van der Waals surface area (Å²) < 4.78 is 43.9. The normalized spacial score (nSPS) is 22.4. The maximum Gasteiger partial charge on any atom is 0.416 e. The van der Waals surface area contributed by atoms with Crippen molar-refractivity contribution < 1.29 is 22.7 Å². The zero-order valence-corrected chi connectivity index (χ0v) is 18.9. The first-order valence-electron chi connectivity index (χ1n) is 11.7. The van der Waals surface area contributed by atoms with Gasteiger partial charge in [0.15, 0.2) is 0 Å². The van der Waals surface area contributed by atoms with Gasteiger partial charge in [-0.2, -0.15) is 13.2 Å². The molecule has 178 valence electrons. The molecule has 1 heterocycles. The Morgan fingerprint density at radius 3 is 2.66 bits per heavy atom. The van der Waals surface area contributed by atoms with Crippen LogP contribution in [0.1, 0.15) is 62.5 Å². The average molecular weight is 453 g/mol. The minimum Gasteiger partial charge on any atom is -0.385 e. The van der Waals surface area contributed by atoms with E-state index in [0.717, 1.165) is 76.2 Å². The summed E-state index contributed by atoms with van der Waals surface area (Å²) in [5, 5.41) is 3.15. The van der Waals surface area contributed by atoms with Crippen molar-refractivity contribution >= 4 is 11.5 Å². The van der Waals surface area contributed by atoms with E-state index in [0.29, 0.717) is 30.6 Å². The summed E-state index contributed by atoms with van der Waals surface area (Å²) in [6.07, 6.45) is 5.35. The van der Waals surface area contributed by atoms with E-state index in [9.17, 15) is 18.0 Å². The van der Waals surface area contributed by atoms with E-state index in [1.807, 2.05) is 0 Å². The van der Waals surface area contributed by atoms with Gasteiger partial charge in [-0.05, 0) is 80.7 Å². The molecule has 32 heavy (non-hydrogen) atoms. The molecule has 0 bridgehead atoms. The zero-order valence-electron chi connectivity index (χ0n) is 18.9. The highest BCUT2D eigenvalue weighted by molar-refractivity contribution is 5.76. The lowest BCUT2D eigenvalue weighted by atomic mass is 9.84. The number of carbonyl (C=O) groups excluding carboxylic acids is 1. The lowest BCUT2D eigenvalue weighted by molar-refractivity contribution is -0.137. The number of hydrogen-bond acceptors (Lipinski definition) is 3. The molecule has 1 fully saturated rings. The highest BCUT2D eigenvalue weighted by Gasteiger charge is 2.30. The van der Waals surface area contributed by atoms with E-state index in [4.69, 9.17) is 4.74 Å². The van der Waals surface area contributed by atoms with Crippen LogP contribution in [0.15, 0.2) is 30.3 Å². The smallest absolute Gasteiger partial charge is 0.385 e. The molecule has 1 aliphatic heterocycles. The molecule has 1 amide bonds. The van der Waals surface area contributed by atoms with Crippen molar-refractivity contribution in [1.29, 1.82) is 0 Å². The van der Waals surface area contributed by atoms with Gasteiger partial charge in [0.1, 0.15) is 0 Å². The van der Waals surface area contributed by atoms with Gasteiger partial charge in [-0.25, -0.2) is 0 Å². The molecule has 0 spiro atoms. The van der Waals surface area contributed by atoms with Crippen LogP contribution < -0.4 is 5.32 Å². The second-order valence-corrected chi connectivity index (χ2v) is 9.03. The number of carbonyl (C=O) groups is 1. The summed E-state index contributed by atoms with van der Waals surface area (Å²) in [4.78, 5) is 14.4. The molecule has 1 aromatic rings. The van der Waals surface area contributed by atoms with E-state index >= 15 is 0 Å². The molecule has 2 aliphatic rings. The molecule has 4 nitrogen and oxygen atoms in total. The summed E-state index contributed by atoms with van der Waals surface area (Å²) in [6, 6.07) is 5.95. The summed E-state index contributed by atoms with van der Waals surface area (Å²) in [6.45, 7) is 3.31. The molecule has 1 N–H and O–H groups in total. The molecule has 0 atom stereocenters. The summed E-state index contributed by atoms with van der Waals surface area (Å²) in [5.74, 6) is 0.813. The Morgan fingerprint density at radius 1 is 1.22 bits per heavy atom. The van der Waals surface area contributed by atoms with Crippen molar-refractivity contribution in [3.8, 4) is 0 Å². The van der Waals surface area contributed by atoms with Crippen molar-refractivity contribution in [3.63, 3.8) is 0 Å². The first-order chi connectivity index (χ1) is 15.3. The molecule has 3 rings (SSSR count). The molecule has 1 aromatic carbocycles. The maximum atomic E-state index is 13.0. The molecule has 0 saturated heterocycles. The minimum absolute atomic E-state index is 0.127. The van der Waals surface area contributed by atoms with Crippen molar-refractivity contribution in [2.45, 2.75) is 63.6 Å². The third kappa shape index (κ3) is 7.62. The summed E-state index contributed by atoms with van der Waals surface area (Å²) in [5.41, 5.74) is 1.11. The van der Waals surface area contributed by atoms with Gasteiger partial charge in [-0.15, -0.1) is 0 Å². The molecule has 0 radical (unpaired) electrons. The van der Waals surface area contributed by atoms with Crippen LogP contribution in [-0.2, 0) is 15.7 Å². The van der Waals surface area contributed by atoms with Crippen molar-refractivity contribution in [2.24, 2.45) is 5.92 Å². The number of hydrogen-bond donors (Lipinski definition) is 1. The standard InChI is InChI=1S/C25H35F3N2O2/c1-32-17-3-6-24(31)29-23-9-7-19(8-10-23)11-14-30-15-12-20(13-16-30)21-4-2-5-22(18-21)25(26,27)28/h2,4-5,12,18-19,23H,3,6-11,13-17H2,1H3,(H,29,31)/t19-,23-. The monoisotopic (exact) mass is 452 g/mol. The van der Waals surface area contributed by atoms with Gasteiger partial charge < -0.3 is 10.1 Å². The highest BCUT2D eigenvalue weighted by Crippen LogP contribution is 2.32. The number of nitrogens with zero attached hydrogens (tertiary/aromatic N) is 1. The maximum absolute atomic E-state index is 13.0. The van der Waals surface area contributed by atoms with Gasteiger partial charge in [0.25, 0.3) is 0 Å². The predicted molar refractivity (Wildman–Crippen MR) is 120 cm³/mol. The van der Waals surface area contributed by atoms with Crippen molar-refractivity contribution in [1.82, 2.24) is 10.2 Å². The second-order valence-electron chi connectivity index (χ2n) is 9.03. The zero-order chi connectivity index (χ0) is 23.0. The Morgan fingerprint density at radius 2 is 2.00 bits per heavy atom. The number of amides is 1. The Bertz CT molecular complexity index is 771. The number of alkyl halides is 3. The predicted octanol–water partition coefficient (Wildman–Crippen LogP) is 5.29. The Kier molecular flexibility index (Phi) is 9.17. The van der Waals surface area contributed by atoms with Gasteiger partial charge in [-0.3, -0.25) is 9.69 Å². The van der Waals surface area contributed by atoms with Crippen LogP contribution in [0.4, 0.5) is 13.2 Å². The van der Waals surface area contributed by atoms with Gasteiger partial charge in [0.2, 0.25) is 5.91 Å². The van der Waals surface area contributed by atoms with E-state index in [1.165, 1.54) is 12.1 Å². The minimum atomic E-state index is -4.30. The van der Waals surface area contributed by atoms with E-state index in [-0.39, 0.29) is 5.91 Å². The number of rotatable bonds is 9. The fourth-order valence-corrected chi connectivity index (χ4v) is 4.71. The SMILES string of the molecule is COCCCC(=O)N[C@H]1CC[C@H](CCN2CC=C(c3cccc(C(F)(F)F)c3)CC2)CC1. The Balaban J connectivity index is 1.37. The highest BCUT2D eigenvalue weighted by atomic mass is 19.4. The lowest BCUT2D eigenvalue weighted by Crippen LogP contribution is -2.38. The van der Waals surface area contributed by atoms with Crippen molar-refractivity contribution in [3.05, 3.63) is 41.5 Å². The van der Waals surface area contributed by atoms with Crippen LogP contribution in [0.5, 0.6) is 0 Å². The van der Waals surface area contributed by atoms with Gasteiger partial charge in [0, 0.05) is 39.3 Å². The van der Waals surface area contributed by atoms with Gasteiger partial charge in [0.05, 0.1) is 5.56 Å². The number of benzene rings is 1. The number of halogens is 3. The number of nitrogens with one attached hydrogen (secondary N) is 1. The second kappa shape index (κ2) is 11.8. The molecular weight excluding hydrogens is 417 g/mol. The molecule has 1 aliphatic carbocycles. The van der Waals surface area contributed by atoms with Gasteiger partial charge in [-0.1, -0.05) is 18.2 Å². The topological polar surface area (TPSA) is 41.6 Å².